The molecule has 24 heavy (non-hydrogen) atoms. The summed E-state index contributed by atoms with van der Waals surface area (Å²) in [6.07, 6.45) is 3.28. The molecular formula is C17H26ClIN4O. The molecule has 1 heterocycles. The molecule has 5 nitrogen and oxygen atoms in total. The van der Waals surface area contributed by atoms with Crippen molar-refractivity contribution < 1.29 is 4.79 Å². The van der Waals surface area contributed by atoms with Gasteiger partial charge in [0.2, 0.25) is 5.91 Å². The third-order valence-electron chi connectivity index (χ3n) is 3.78. The number of nitrogens with one attached hydrogen (secondary N) is 3. The molecule has 7 heteroatoms. The molecule has 1 aromatic carbocycles. The average molecular weight is 465 g/mol. The first-order valence-corrected chi connectivity index (χ1v) is 8.61. The molecule has 1 aliphatic rings. The number of benzene rings is 1. The molecule has 1 fully saturated rings. The molecule has 3 N–H and O–H groups in total. The van der Waals surface area contributed by atoms with E-state index in [4.69, 9.17) is 11.6 Å². The van der Waals surface area contributed by atoms with Gasteiger partial charge in [-0.3, -0.25) is 9.79 Å². The normalized spacial score (nSPS) is 17.7. The molecule has 0 aliphatic carbocycles. The molecule has 0 radical (unpaired) electrons. The van der Waals surface area contributed by atoms with Gasteiger partial charge in [-0.05, 0) is 37.8 Å². The molecule has 134 valence electrons. The molecular weight excluding hydrogens is 439 g/mol. The Hall–Kier alpha value is -1.02. The summed E-state index contributed by atoms with van der Waals surface area (Å²) in [5.74, 6) is 0.942. The Bertz CT molecular complexity index is 543. The van der Waals surface area contributed by atoms with Crippen LogP contribution in [0.5, 0.6) is 0 Å². The van der Waals surface area contributed by atoms with Crippen molar-refractivity contribution in [3.63, 3.8) is 0 Å². The van der Waals surface area contributed by atoms with Gasteiger partial charge in [-0.1, -0.05) is 29.8 Å². The van der Waals surface area contributed by atoms with Crippen LogP contribution >= 0.6 is 35.6 Å². The summed E-state index contributed by atoms with van der Waals surface area (Å²) < 4.78 is 0. The van der Waals surface area contributed by atoms with E-state index in [0.717, 1.165) is 48.9 Å². The summed E-state index contributed by atoms with van der Waals surface area (Å²) in [5, 5.41) is 10.3. The highest BCUT2D eigenvalue weighted by atomic mass is 127. The highest BCUT2D eigenvalue weighted by Crippen LogP contribution is 2.16. The van der Waals surface area contributed by atoms with Crippen LogP contribution in [0.3, 0.4) is 0 Å². The standard InChI is InChI=1S/C17H25ClN4O.HI/c1-2-19-17(22-14-9-10-16(23)21-12-14)20-11-5-7-13-6-3-4-8-15(13)18;/h3-4,6,8,14H,2,5,7,9-12H2,1H3,(H,21,23)(H2,19,20,22);1H. The first-order valence-electron chi connectivity index (χ1n) is 8.24. The molecule has 0 spiro atoms. The van der Waals surface area contributed by atoms with Gasteiger partial charge in [0.15, 0.2) is 5.96 Å². The van der Waals surface area contributed by atoms with Crippen LogP contribution in [0.15, 0.2) is 29.3 Å². The Labute approximate surface area is 166 Å². The topological polar surface area (TPSA) is 65.5 Å². The summed E-state index contributed by atoms with van der Waals surface area (Å²) in [4.78, 5) is 15.8. The molecule has 0 aromatic heterocycles. The van der Waals surface area contributed by atoms with Crippen molar-refractivity contribution in [2.45, 2.75) is 38.6 Å². The lowest BCUT2D eigenvalue weighted by Crippen LogP contribution is -2.51. The zero-order valence-electron chi connectivity index (χ0n) is 14.0. The number of aliphatic imine (C=N–C) groups is 1. The van der Waals surface area contributed by atoms with Crippen LogP contribution in [0.1, 0.15) is 31.7 Å². The summed E-state index contributed by atoms with van der Waals surface area (Å²) in [5.41, 5.74) is 1.16. The number of guanidine groups is 1. The molecule has 1 atom stereocenters. The lowest BCUT2D eigenvalue weighted by Gasteiger charge is -2.25. The van der Waals surface area contributed by atoms with Crippen molar-refractivity contribution in [2.75, 3.05) is 19.6 Å². The van der Waals surface area contributed by atoms with Crippen LogP contribution in [0.25, 0.3) is 0 Å². The molecule has 0 saturated carbocycles. The highest BCUT2D eigenvalue weighted by molar-refractivity contribution is 14.0. The Morgan fingerprint density at radius 3 is 2.88 bits per heavy atom. The Morgan fingerprint density at radius 1 is 1.42 bits per heavy atom. The minimum absolute atomic E-state index is 0. The number of hydrogen-bond donors (Lipinski definition) is 3. The molecule has 0 bridgehead atoms. The Morgan fingerprint density at radius 2 is 2.21 bits per heavy atom. The first kappa shape index (κ1) is 21.0. The summed E-state index contributed by atoms with van der Waals surface area (Å²) in [6, 6.07) is 8.17. The predicted molar refractivity (Wildman–Crippen MR) is 110 cm³/mol. The van der Waals surface area contributed by atoms with Gasteiger partial charge in [-0.15, -0.1) is 24.0 Å². The lowest BCUT2D eigenvalue weighted by molar-refractivity contribution is -0.122. The van der Waals surface area contributed by atoms with Crippen LogP contribution in [-0.4, -0.2) is 37.5 Å². The zero-order valence-corrected chi connectivity index (χ0v) is 17.1. The fraction of sp³-hybridized carbons (Fsp3) is 0.529. The van der Waals surface area contributed by atoms with Crippen LogP contribution in [0.2, 0.25) is 5.02 Å². The molecule has 2 rings (SSSR count). The Kier molecular flexibility index (Phi) is 10.1. The zero-order chi connectivity index (χ0) is 16.5. The first-order chi connectivity index (χ1) is 11.2. The molecule has 1 aliphatic heterocycles. The number of carbonyl (C=O) groups excluding carboxylic acids is 1. The number of hydrogen-bond acceptors (Lipinski definition) is 2. The monoisotopic (exact) mass is 464 g/mol. The van der Waals surface area contributed by atoms with E-state index >= 15 is 0 Å². The maximum absolute atomic E-state index is 11.2. The van der Waals surface area contributed by atoms with Gasteiger partial charge in [0.05, 0.1) is 0 Å². The number of nitrogens with zero attached hydrogens (tertiary/aromatic N) is 1. The minimum Gasteiger partial charge on any atom is -0.357 e. The predicted octanol–water partition coefficient (Wildman–Crippen LogP) is 2.72. The second-order valence-corrected chi connectivity index (χ2v) is 6.05. The maximum atomic E-state index is 11.2. The third kappa shape index (κ3) is 7.25. The van der Waals surface area contributed by atoms with Crippen LogP contribution in [0.4, 0.5) is 0 Å². The van der Waals surface area contributed by atoms with Crippen molar-refractivity contribution in [3.8, 4) is 0 Å². The van der Waals surface area contributed by atoms with Crippen molar-refractivity contribution >= 4 is 47.4 Å². The van der Waals surface area contributed by atoms with Gasteiger partial charge in [-0.25, -0.2) is 0 Å². The average Bonchev–Trinajstić information content (AvgIpc) is 2.55. The van der Waals surface area contributed by atoms with E-state index in [2.05, 4.69) is 27.0 Å². The van der Waals surface area contributed by atoms with Crippen molar-refractivity contribution in [1.29, 1.82) is 0 Å². The van der Waals surface area contributed by atoms with E-state index in [1.807, 2.05) is 25.1 Å². The second kappa shape index (κ2) is 11.5. The number of halogens is 2. The maximum Gasteiger partial charge on any atom is 0.220 e. The van der Waals surface area contributed by atoms with Crippen molar-refractivity contribution in [2.24, 2.45) is 4.99 Å². The number of piperidine rings is 1. The van der Waals surface area contributed by atoms with Gasteiger partial charge in [0.25, 0.3) is 0 Å². The minimum atomic E-state index is 0. The van der Waals surface area contributed by atoms with Crippen molar-refractivity contribution in [1.82, 2.24) is 16.0 Å². The van der Waals surface area contributed by atoms with Gasteiger partial charge in [-0.2, -0.15) is 0 Å². The van der Waals surface area contributed by atoms with Gasteiger partial charge >= 0.3 is 0 Å². The van der Waals surface area contributed by atoms with E-state index in [0.29, 0.717) is 13.0 Å². The molecule has 1 saturated heterocycles. The van der Waals surface area contributed by atoms with Crippen LogP contribution in [-0.2, 0) is 11.2 Å². The third-order valence-corrected chi connectivity index (χ3v) is 4.15. The number of carbonyl (C=O) groups is 1. The fourth-order valence-electron chi connectivity index (χ4n) is 2.53. The molecule has 1 amide bonds. The largest absolute Gasteiger partial charge is 0.357 e. The van der Waals surface area contributed by atoms with Crippen molar-refractivity contribution in [3.05, 3.63) is 34.9 Å². The number of amides is 1. The highest BCUT2D eigenvalue weighted by Gasteiger charge is 2.18. The lowest BCUT2D eigenvalue weighted by atomic mass is 10.1. The van der Waals surface area contributed by atoms with E-state index in [9.17, 15) is 4.79 Å². The summed E-state index contributed by atoms with van der Waals surface area (Å²) in [6.45, 7) is 4.25. The second-order valence-electron chi connectivity index (χ2n) is 5.64. The van der Waals surface area contributed by atoms with Gasteiger partial charge in [0.1, 0.15) is 0 Å². The quantitative estimate of drug-likeness (QED) is 0.262. The smallest absolute Gasteiger partial charge is 0.220 e. The number of aryl methyl sites for hydroxylation is 1. The van der Waals surface area contributed by atoms with E-state index < -0.39 is 0 Å². The van der Waals surface area contributed by atoms with E-state index in [1.54, 1.807) is 0 Å². The van der Waals surface area contributed by atoms with Crippen LogP contribution in [0, 0.1) is 0 Å². The molecule has 1 aromatic rings. The number of rotatable bonds is 6. The molecule has 1 unspecified atom stereocenters. The fourth-order valence-corrected chi connectivity index (χ4v) is 2.76. The summed E-state index contributed by atoms with van der Waals surface area (Å²) >= 11 is 6.16. The SMILES string of the molecule is CCNC(=NCCCc1ccccc1Cl)NC1CCC(=O)NC1.I. The van der Waals surface area contributed by atoms with E-state index in [1.165, 1.54) is 0 Å². The van der Waals surface area contributed by atoms with E-state index in [-0.39, 0.29) is 35.9 Å². The van der Waals surface area contributed by atoms with Gasteiger partial charge < -0.3 is 16.0 Å². The van der Waals surface area contributed by atoms with Gasteiger partial charge in [0, 0.05) is 37.1 Å². The van der Waals surface area contributed by atoms with Crippen LogP contribution < -0.4 is 16.0 Å². The summed E-state index contributed by atoms with van der Waals surface area (Å²) in [7, 11) is 0. The Balaban J connectivity index is 0.00000288.